The van der Waals surface area contributed by atoms with Crippen molar-refractivity contribution in [1.82, 2.24) is 9.97 Å². The number of nitrogens with zero attached hydrogens (tertiary/aromatic N) is 1. The van der Waals surface area contributed by atoms with E-state index in [9.17, 15) is 13.6 Å². The zero-order chi connectivity index (χ0) is 9.84. The molecule has 1 rings (SSSR count). The molecule has 0 aliphatic rings. The lowest BCUT2D eigenvalue weighted by atomic mass is 10.5. The van der Waals surface area contributed by atoms with Crippen LogP contribution in [0.4, 0.5) is 14.6 Å². The topological polar surface area (TPSA) is 57.8 Å². The molecule has 13 heavy (non-hydrogen) atoms. The monoisotopic (exact) mass is 209 g/mol. The first kappa shape index (κ1) is 9.91. The molecule has 1 heterocycles. The Labute approximate surface area is 76.9 Å². The molecule has 1 aromatic rings. The van der Waals surface area contributed by atoms with Crippen LogP contribution >= 0.6 is 11.6 Å². The van der Waals surface area contributed by atoms with Gasteiger partial charge in [-0.2, -0.15) is 0 Å². The molecule has 0 aromatic carbocycles. The van der Waals surface area contributed by atoms with Gasteiger partial charge in [0.05, 0.1) is 12.9 Å². The summed E-state index contributed by atoms with van der Waals surface area (Å²) in [5.74, 6) is -0.0364. The summed E-state index contributed by atoms with van der Waals surface area (Å²) in [6.07, 6.45) is -1.43. The summed E-state index contributed by atoms with van der Waals surface area (Å²) in [4.78, 5) is 16.6. The highest BCUT2D eigenvalue weighted by Gasteiger charge is 2.07. The Morgan fingerprint density at radius 2 is 2.38 bits per heavy atom. The Kier molecular flexibility index (Phi) is 3.18. The summed E-state index contributed by atoms with van der Waals surface area (Å²) < 4.78 is 23.5. The van der Waals surface area contributed by atoms with E-state index in [1.54, 1.807) is 0 Å². The van der Waals surface area contributed by atoms with Gasteiger partial charge < -0.3 is 10.3 Å². The molecule has 0 amide bonds. The first-order valence-electron chi connectivity index (χ1n) is 3.36. The van der Waals surface area contributed by atoms with Gasteiger partial charge in [-0.1, -0.05) is 11.6 Å². The zero-order valence-electron chi connectivity index (χ0n) is 6.35. The predicted molar refractivity (Wildman–Crippen MR) is 44.4 cm³/mol. The number of halogens is 3. The van der Waals surface area contributed by atoms with Crippen LogP contribution in [0.15, 0.2) is 11.1 Å². The minimum absolute atomic E-state index is 0.0364. The smallest absolute Gasteiger partial charge is 0.271 e. The summed E-state index contributed by atoms with van der Waals surface area (Å²) >= 11 is 5.46. The molecule has 4 nitrogen and oxygen atoms in total. The van der Waals surface area contributed by atoms with Crippen molar-refractivity contribution in [3.63, 3.8) is 0 Å². The van der Waals surface area contributed by atoms with Crippen LogP contribution in [0.1, 0.15) is 0 Å². The summed E-state index contributed by atoms with van der Waals surface area (Å²) in [7, 11) is 0. The number of hydrogen-bond donors (Lipinski definition) is 2. The fourth-order valence-corrected chi connectivity index (χ4v) is 0.850. The number of nitrogens with one attached hydrogen (secondary N) is 2. The van der Waals surface area contributed by atoms with E-state index in [1.165, 1.54) is 0 Å². The largest absolute Gasteiger partial charge is 0.363 e. The third kappa shape index (κ3) is 2.66. The van der Waals surface area contributed by atoms with E-state index in [4.69, 9.17) is 11.6 Å². The highest BCUT2D eigenvalue weighted by Crippen LogP contribution is 2.11. The molecule has 0 radical (unpaired) electrons. The van der Waals surface area contributed by atoms with Crippen LogP contribution < -0.4 is 10.9 Å². The molecule has 1 aromatic heterocycles. The molecule has 0 unspecified atom stereocenters. The average Bonchev–Trinajstić information content (AvgIpc) is 2.07. The Morgan fingerprint density at radius 1 is 1.69 bits per heavy atom. The minimum atomic E-state index is -2.52. The molecule has 72 valence electrons. The second kappa shape index (κ2) is 4.18. The van der Waals surface area contributed by atoms with Crippen LogP contribution in [0.2, 0.25) is 5.02 Å². The van der Waals surface area contributed by atoms with Crippen molar-refractivity contribution in [3.05, 3.63) is 21.7 Å². The first-order chi connectivity index (χ1) is 6.11. The molecule has 7 heteroatoms. The quantitative estimate of drug-likeness (QED) is 0.784. The third-order valence-electron chi connectivity index (χ3n) is 1.22. The summed E-state index contributed by atoms with van der Waals surface area (Å²) in [5.41, 5.74) is -0.562. The van der Waals surface area contributed by atoms with Gasteiger partial charge in [0.25, 0.3) is 12.0 Å². The van der Waals surface area contributed by atoms with Gasteiger partial charge in [0.2, 0.25) is 0 Å². The lowest BCUT2D eigenvalue weighted by Gasteiger charge is -2.04. The number of aromatic nitrogens is 2. The lowest BCUT2D eigenvalue weighted by Crippen LogP contribution is -2.16. The molecule has 0 saturated carbocycles. The van der Waals surface area contributed by atoms with Gasteiger partial charge in [0.15, 0.2) is 5.82 Å². The van der Waals surface area contributed by atoms with Crippen molar-refractivity contribution < 1.29 is 8.78 Å². The maximum atomic E-state index is 11.7. The van der Waals surface area contributed by atoms with E-state index in [-0.39, 0.29) is 10.8 Å². The Morgan fingerprint density at radius 3 is 3.00 bits per heavy atom. The molecule has 0 bridgehead atoms. The molecule has 0 aliphatic heterocycles. The van der Waals surface area contributed by atoms with Crippen LogP contribution in [-0.2, 0) is 0 Å². The fourth-order valence-electron chi connectivity index (χ4n) is 0.680. The molecule has 0 fully saturated rings. The molecular formula is C6H6ClF2N3O. The second-order valence-electron chi connectivity index (χ2n) is 2.17. The van der Waals surface area contributed by atoms with Crippen LogP contribution in [0, 0.1) is 0 Å². The first-order valence-corrected chi connectivity index (χ1v) is 3.74. The molecule has 0 spiro atoms. The van der Waals surface area contributed by atoms with Crippen molar-refractivity contribution >= 4 is 17.4 Å². The molecular weight excluding hydrogens is 204 g/mol. The molecule has 2 N–H and O–H groups in total. The SMILES string of the molecule is O=c1[nH]cnc(NCC(F)F)c1Cl. The van der Waals surface area contributed by atoms with Crippen LogP contribution in [0.25, 0.3) is 0 Å². The van der Waals surface area contributed by atoms with E-state index in [0.29, 0.717) is 0 Å². The number of H-pyrrole nitrogens is 1. The number of rotatable bonds is 3. The number of alkyl halides is 2. The third-order valence-corrected chi connectivity index (χ3v) is 1.57. The molecule has 0 saturated heterocycles. The average molecular weight is 210 g/mol. The normalized spacial score (nSPS) is 10.5. The van der Waals surface area contributed by atoms with Gasteiger partial charge in [0, 0.05) is 0 Å². The Hall–Kier alpha value is -1.17. The highest BCUT2D eigenvalue weighted by atomic mass is 35.5. The Bertz CT molecular complexity index is 341. The molecule has 0 aliphatic carbocycles. The van der Waals surface area contributed by atoms with E-state index in [2.05, 4.69) is 15.3 Å². The van der Waals surface area contributed by atoms with Crippen LogP contribution in [0.5, 0.6) is 0 Å². The second-order valence-corrected chi connectivity index (χ2v) is 2.54. The van der Waals surface area contributed by atoms with E-state index < -0.39 is 18.5 Å². The number of aromatic amines is 1. The zero-order valence-corrected chi connectivity index (χ0v) is 7.11. The standard InChI is InChI=1S/C6H6ClF2N3O/c7-4-5(10-1-3(8)9)11-2-12-6(4)13/h2-3H,1H2,(H2,10,11,12,13). The maximum Gasteiger partial charge on any atom is 0.271 e. The van der Waals surface area contributed by atoms with Crippen molar-refractivity contribution in [2.24, 2.45) is 0 Å². The Balaban J connectivity index is 2.77. The van der Waals surface area contributed by atoms with Crippen LogP contribution in [-0.4, -0.2) is 22.9 Å². The van der Waals surface area contributed by atoms with Crippen molar-refractivity contribution in [2.75, 3.05) is 11.9 Å². The van der Waals surface area contributed by atoms with Crippen molar-refractivity contribution in [3.8, 4) is 0 Å². The van der Waals surface area contributed by atoms with Crippen molar-refractivity contribution in [1.29, 1.82) is 0 Å². The van der Waals surface area contributed by atoms with Gasteiger partial charge in [-0.15, -0.1) is 0 Å². The van der Waals surface area contributed by atoms with Gasteiger partial charge in [0.1, 0.15) is 5.02 Å². The fraction of sp³-hybridized carbons (Fsp3) is 0.333. The summed E-state index contributed by atoms with van der Waals surface area (Å²) in [6.45, 7) is -0.587. The van der Waals surface area contributed by atoms with E-state index >= 15 is 0 Å². The summed E-state index contributed by atoms with van der Waals surface area (Å²) in [6, 6.07) is 0. The van der Waals surface area contributed by atoms with Gasteiger partial charge >= 0.3 is 0 Å². The van der Waals surface area contributed by atoms with Gasteiger partial charge in [-0.25, -0.2) is 13.8 Å². The predicted octanol–water partition coefficient (Wildman–Crippen LogP) is 1.10. The maximum absolute atomic E-state index is 11.7. The number of hydrogen-bond acceptors (Lipinski definition) is 3. The van der Waals surface area contributed by atoms with Crippen LogP contribution in [0.3, 0.4) is 0 Å². The molecule has 0 atom stereocenters. The lowest BCUT2D eigenvalue weighted by molar-refractivity contribution is 0.163. The van der Waals surface area contributed by atoms with Gasteiger partial charge in [-0.3, -0.25) is 4.79 Å². The van der Waals surface area contributed by atoms with Crippen molar-refractivity contribution in [2.45, 2.75) is 6.43 Å². The highest BCUT2D eigenvalue weighted by molar-refractivity contribution is 6.32. The minimum Gasteiger partial charge on any atom is -0.363 e. The van der Waals surface area contributed by atoms with E-state index in [1.807, 2.05) is 0 Å². The number of anilines is 1. The van der Waals surface area contributed by atoms with E-state index in [0.717, 1.165) is 6.33 Å². The van der Waals surface area contributed by atoms with Gasteiger partial charge in [-0.05, 0) is 0 Å². The summed E-state index contributed by atoms with van der Waals surface area (Å²) in [5, 5.41) is 2.02.